The molecule has 1 saturated heterocycles. The van der Waals surface area contributed by atoms with Gasteiger partial charge in [-0.25, -0.2) is 12.8 Å². The zero-order valence-electron chi connectivity index (χ0n) is 17.6. The predicted octanol–water partition coefficient (Wildman–Crippen LogP) is 2.52. The molecule has 0 spiro atoms. The number of benzene rings is 2. The Morgan fingerprint density at radius 1 is 1.10 bits per heavy atom. The van der Waals surface area contributed by atoms with E-state index in [1.165, 1.54) is 28.6 Å². The molecule has 1 aliphatic rings. The van der Waals surface area contributed by atoms with E-state index >= 15 is 0 Å². The molecule has 1 amide bonds. The van der Waals surface area contributed by atoms with E-state index in [-0.39, 0.29) is 18.9 Å². The maximum atomic E-state index is 13.1. The Hall–Kier alpha value is -2.65. The fourth-order valence-electron chi connectivity index (χ4n) is 3.41. The first-order chi connectivity index (χ1) is 14.8. The molecule has 3 rings (SSSR count). The number of nitrogens with one attached hydrogen (secondary N) is 1. The maximum absolute atomic E-state index is 13.1. The molecular weight excluding hydrogens is 421 g/mol. The van der Waals surface area contributed by atoms with Crippen molar-refractivity contribution >= 4 is 27.3 Å². The highest BCUT2D eigenvalue weighted by molar-refractivity contribution is 7.92. The summed E-state index contributed by atoms with van der Waals surface area (Å²) in [6.07, 6.45) is 1.64. The van der Waals surface area contributed by atoms with Gasteiger partial charge in [0.05, 0.1) is 25.2 Å². The minimum Gasteiger partial charge on any atom is -0.378 e. The largest absolute Gasteiger partial charge is 0.378 e. The summed E-state index contributed by atoms with van der Waals surface area (Å²) in [7, 11) is -3.53. The Morgan fingerprint density at radius 3 is 2.35 bits per heavy atom. The molecule has 168 valence electrons. The molecule has 2 aromatic rings. The van der Waals surface area contributed by atoms with E-state index in [1.807, 2.05) is 24.3 Å². The molecule has 0 unspecified atom stereocenters. The number of rotatable bonds is 9. The van der Waals surface area contributed by atoms with Gasteiger partial charge in [0.15, 0.2) is 0 Å². The van der Waals surface area contributed by atoms with Crippen LogP contribution in [-0.2, 0) is 26.1 Å². The van der Waals surface area contributed by atoms with Crippen molar-refractivity contribution in [2.75, 3.05) is 48.3 Å². The molecule has 9 heteroatoms. The van der Waals surface area contributed by atoms with Crippen molar-refractivity contribution in [3.63, 3.8) is 0 Å². The highest BCUT2D eigenvalue weighted by atomic mass is 32.2. The van der Waals surface area contributed by atoms with Gasteiger partial charge >= 0.3 is 0 Å². The molecule has 7 nitrogen and oxygen atoms in total. The second-order valence-corrected chi connectivity index (χ2v) is 9.36. The average Bonchev–Trinajstić information content (AvgIpc) is 2.76. The van der Waals surface area contributed by atoms with Crippen LogP contribution in [0.1, 0.15) is 18.4 Å². The number of morpholine rings is 1. The second kappa shape index (κ2) is 10.6. The average molecular weight is 450 g/mol. The highest BCUT2D eigenvalue weighted by Gasteiger charge is 2.17. The number of hydrogen-bond donors (Lipinski definition) is 1. The smallest absolute Gasteiger partial charge is 0.232 e. The first-order valence-corrected chi connectivity index (χ1v) is 12.1. The predicted molar refractivity (Wildman–Crippen MR) is 119 cm³/mol. The zero-order chi connectivity index (χ0) is 22.3. The van der Waals surface area contributed by atoms with Crippen molar-refractivity contribution in [2.45, 2.75) is 19.4 Å². The van der Waals surface area contributed by atoms with Gasteiger partial charge in [0.2, 0.25) is 15.9 Å². The van der Waals surface area contributed by atoms with Crippen molar-refractivity contribution in [1.29, 1.82) is 0 Å². The van der Waals surface area contributed by atoms with E-state index in [2.05, 4.69) is 10.2 Å². The van der Waals surface area contributed by atoms with Crippen LogP contribution in [0.25, 0.3) is 0 Å². The number of carbonyl (C=O) groups excluding carboxylic acids is 1. The van der Waals surface area contributed by atoms with Gasteiger partial charge < -0.3 is 15.0 Å². The van der Waals surface area contributed by atoms with Crippen LogP contribution in [0.5, 0.6) is 0 Å². The lowest BCUT2D eigenvalue weighted by molar-refractivity contribution is -0.121. The third-order valence-electron chi connectivity index (χ3n) is 5.08. The van der Waals surface area contributed by atoms with E-state index in [4.69, 9.17) is 4.74 Å². The summed E-state index contributed by atoms with van der Waals surface area (Å²) < 4.78 is 43.8. The van der Waals surface area contributed by atoms with E-state index in [0.717, 1.165) is 43.8 Å². The van der Waals surface area contributed by atoms with E-state index in [1.54, 1.807) is 0 Å². The van der Waals surface area contributed by atoms with Crippen LogP contribution in [-0.4, -0.2) is 53.4 Å². The van der Waals surface area contributed by atoms with Gasteiger partial charge in [-0.3, -0.25) is 9.10 Å². The van der Waals surface area contributed by atoms with E-state index in [0.29, 0.717) is 18.7 Å². The molecule has 0 aliphatic carbocycles. The number of amides is 1. The van der Waals surface area contributed by atoms with Crippen LogP contribution in [0.2, 0.25) is 0 Å². The molecule has 0 bridgehead atoms. The number of anilines is 2. The summed E-state index contributed by atoms with van der Waals surface area (Å²) in [6.45, 7) is 3.77. The molecule has 1 aliphatic heterocycles. The van der Waals surface area contributed by atoms with Crippen LogP contribution < -0.4 is 14.5 Å². The SMILES string of the molecule is CS(=O)(=O)N(CCCC(=O)NCc1ccc(N2CCOCC2)cc1)c1ccc(F)cc1. The minimum absolute atomic E-state index is 0.145. The van der Waals surface area contributed by atoms with Crippen molar-refractivity contribution in [3.05, 3.63) is 59.9 Å². The highest BCUT2D eigenvalue weighted by Crippen LogP contribution is 2.19. The van der Waals surface area contributed by atoms with E-state index < -0.39 is 15.8 Å². The summed E-state index contributed by atoms with van der Waals surface area (Å²) in [4.78, 5) is 14.5. The first kappa shape index (κ1) is 23.0. The number of ether oxygens (including phenoxy) is 1. The normalized spacial score (nSPS) is 14.3. The topological polar surface area (TPSA) is 79.0 Å². The van der Waals surface area contributed by atoms with Gasteiger partial charge in [-0.1, -0.05) is 12.1 Å². The summed E-state index contributed by atoms with van der Waals surface area (Å²) in [5.41, 5.74) is 2.51. The number of sulfonamides is 1. The minimum atomic E-state index is -3.53. The number of halogens is 1. The maximum Gasteiger partial charge on any atom is 0.232 e. The molecular formula is C22H28FN3O4S. The van der Waals surface area contributed by atoms with Crippen molar-refractivity contribution in [2.24, 2.45) is 0 Å². The summed E-state index contributed by atoms with van der Waals surface area (Å²) in [6, 6.07) is 13.3. The van der Waals surface area contributed by atoms with Crippen molar-refractivity contribution in [3.8, 4) is 0 Å². The Morgan fingerprint density at radius 2 is 1.74 bits per heavy atom. The molecule has 0 atom stereocenters. The van der Waals surface area contributed by atoms with Gasteiger partial charge in [0.1, 0.15) is 5.82 Å². The van der Waals surface area contributed by atoms with Gasteiger partial charge in [-0.2, -0.15) is 0 Å². The fourth-order valence-corrected chi connectivity index (χ4v) is 4.38. The Kier molecular flexibility index (Phi) is 7.86. The zero-order valence-corrected chi connectivity index (χ0v) is 18.4. The number of nitrogens with zero attached hydrogens (tertiary/aromatic N) is 2. The van der Waals surface area contributed by atoms with Crippen molar-refractivity contribution in [1.82, 2.24) is 5.32 Å². The van der Waals surface area contributed by atoms with Gasteiger partial charge in [0.25, 0.3) is 0 Å². The van der Waals surface area contributed by atoms with Gasteiger partial charge in [-0.15, -0.1) is 0 Å². The molecule has 0 saturated carbocycles. The van der Waals surface area contributed by atoms with Crippen LogP contribution >= 0.6 is 0 Å². The number of carbonyl (C=O) groups is 1. The quantitative estimate of drug-likeness (QED) is 0.637. The molecule has 1 heterocycles. The number of hydrogen-bond acceptors (Lipinski definition) is 5. The summed E-state index contributed by atoms with van der Waals surface area (Å²) in [5.74, 6) is -0.584. The third-order valence-corrected chi connectivity index (χ3v) is 6.28. The molecule has 0 radical (unpaired) electrons. The Labute approximate surface area is 182 Å². The molecule has 2 aromatic carbocycles. The monoisotopic (exact) mass is 449 g/mol. The van der Waals surface area contributed by atoms with Crippen LogP contribution in [0.4, 0.5) is 15.8 Å². The molecule has 1 N–H and O–H groups in total. The lowest BCUT2D eigenvalue weighted by Crippen LogP contribution is -2.36. The summed E-state index contributed by atoms with van der Waals surface area (Å²) >= 11 is 0. The second-order valence-electron chi connectivity index (χ2n) is 7.46. The fraction of sp³-hybridized carbons (Fsp3) is 0.409. The molecule has 1 fully saturated rings. The lowest BCUT2D eigenvalue weighted by Gasteiger charge is -2.28. The summed E-state index contributed by atoms with van der Waals surface area (Å²) in [5, 5.41) is 2.87. The van der Waals surface area contributed by atoms with E-state index in [9.17, 15) is 17.6 Å². The lowest BCUT2D eigenvalue weighted by atomic mass is 10.2. The van der Waals surface area contributed by atoms with Gasteiger partial charge in [-0.05, 0) is 48.4 Å². The molecule has 0 aromatic heterocycles. The standard InChI is InChI=1S/C22H28FN3O4S/c1-31(28,29)26(21-10-6-19(23)7-11-21)12-2-3-22(27)24-17-18-4-8-20(9-5-18)25-13-15-30-16-14-25/h4-11H,2-3,12-17H2,1H3,(H,24,27). The Bertz CT molecular complexity index is 959. The molecule has 31 heavy (non-hydrogen) atoms. The third kappa shape index (κ3) is 6.93. The van der Waals surface area contributed by atoms with Crippen molar-refractivity contribution < 1.29 is 22.3 Å². The van der Waals surface area contributed by atoms with Crippen LogP contribution in [0.15, 0.2) is 48.5 Å². The first-order valence-electron chi connectivity index (χ1n) is 10.2. The van der Waals surface area contributed by atoms with Crippen LogP contribution in [0.3, 0.4) is 0 Å². The van der Waals surface area contributed by atoms with Crippen LogP contribution in [0, 0.1) is 5.82 Å². The Balaban J connectivity index is 1.45. The van der Waals surface area contributed by atoms with Gasteiger partial charge in [0, 0.05) is 38.3 Å².